The molecule has 212 valence electrons. The predicted molar refractivity (Wildman–Crippen MR) is 133 cm³/mol. The zero-order valence-electron chi connectivity index (χ0n) is 21.6. The number of fused-ring (bicyclic) bond motifs is 1. The van der Waals surface area contributed by atoms with Crippen molar-refractivity contribution in [3.63, 3.8) is 0 Å². The summed E-state index contributed by atoms with van der Waals surface area (Å²) in [6.07, 6.45) is 0.0552. The van der Waals surface area contributed by atoms with Crippen LogP contribution in [0.2, 0.25) is 0 Å². The number of benzene rings is 1. The van der Waals surface area contributed by atoms with Gasteiger partial charge in [0.25, 0.3) is 17.7 Å². The first-order valence-corrected chi connectivity index (χ1v) is 12.5. The molecule has 0 aromatic heterocycles. The van der Waals surface area contributed by atoms with E-state index in [-0.39, 0.29) is 48.8 Å². The molecule has 6 amide bonds. The molecular weight excluding hydrogens is 516 g/mol. The maximum atomic E-state index is 13.0. The van der Waals surface area contributed by atoms with Gasteiger partial charge in [-0.2, -0.15) is 0 Å². The van der Waals surface area contributed by atoms with E-state index in [0.29, 0.717) is 39.6 Å². The highest BCUT2D eigenvalue weighted by atomic mass is 16.5. The minimum atomic E-state index is -1.09. The van der Waals surface area contributed by atoms with E-state index >= 15 is 0 Å². The zero-order chi connectivity index (χ0) is 28.2. The number of amides is 6. The summed E-state index contributed by atoms with van der Waals surface area (Å²) in [5.41, 5.74) is 0.0382. The lowest BCUT2D eigenvalue weighted by molar-refractivity contribution is -0.136. The molecule has 39 heavy (non-hydrogen) atoms. The molecule has 1 unspecified atom stereocenters. The molecule has 3 N–H and O–H groups in total. The third kappa shape index (κ3) is 8.56. The maximum absolute atomic E-state index is 13.0. The van der Waals surface area contributed by atoms with Crippen molar-refractivity contribution in [1.82, 2.24) is 20.9 Å². The van der Waals surface area contributed by atoms with Crippen LogP contribution in [0.4, 0.5) is 0 Å². The van der Waals surface area contributed by atoms with Gasteiger partial charge >= 0.3 is 0 Å². The molecule has 2 heterocycles. The standard InChI is InChI=1S/C25H32N4O10/c1-16(30)26-7-9-36-11-13-38-14-12-37-10-8-27-21(32)15-39-19-4-2-3-17-22(19)25(35)29(24(17)34)18-5-6-20(31)28-23(18)33/h2-4,18H,5-15H2,1H3,(H,26,30)(H,27,32)(H,28,31,33). The Labute approximate surface area is 224 Å². The fourth-order valence-corrected chi connectivity index (χ4v) is 3.90. The summed E-state index contributed by atoms with van der Waals surface area (Å²) in [6.45, 7) is 3.83. The number of rotatable bonds is 16. The number of hydrogen-bond donors (Lipinski definition) is 3. The van der Waals surface area contributed by atoms with Crippen LogP contribution in [-0.4, -0.2) is 106 Å². The number of nitrogens with zero attached hydrogens (tertiary/aromatic N) is 1. The Morgan fingerprint density at radius 3 is 2.21 bits per heavy atom. The monoisotopic (exact) mass is 548 g/mol. The second-order valence-corrected chi connectivity index (χ2v) is 8.58. The fraction of sp³-hybridized carbons (Fsp3) is 0.520. The van der Waals surface area contributed by atoms with Crippen molar-refractivity contribution in [1.29, 1.82) is 0 Å². The van der Waals surface area contributed by atoms with Crippen LogP contribution in [0.25, 0.3) is 0 Å². The number of carbonyl (C=O) groups is 6. The molecule has 2 aliphatic rings. The molecule has 1 aromatic rings. The van der Waals surface area contributed by atoms with Gasteiger partial charge < -0.3 is 29.6 Å². The quantitative estimate of drug-likeness (QED) is 0.167. The van der Waals surface area contributed by atoms with Gasteiger partial charge in [0.05, 0.1) is 50.8 Å². The molecule has 14 nitrogen and oxygen atoms in total. The summed E-state index contributed by atoms with van der Waals surface area (Å²) in [5.74, 6) is -3.06. The molecule has 3 rings (SSSR count). The van der Waals surface area contributed by atoms with Crippen LogP contribution >= 0.6 is 0 Å². The number of ether oxygens (including phenoxy) is 4. The first-order chi connectivity index (χ1) is 18.8. The molecule has 0 bridgehead atoms. The lowest BCUT2D eigenvalue weighted by Crippen LogP contribution is -2.54. The van der Waals surface area contributed by atoms with E-state index in [1.165, 1.54) is 25.1 Å². The number of carbonyl (C=O) groups excluding carboxylic acids is 6. The second-order valence-electron chi connectivity index (χ2n) is 8.58. The second kappa shape index (κ2) is 14.9. The highest BCUT2D eigenvalue weighted by Gasteiger charge is 2.46. The van der Waals surface area contributed by atoms with E-state index in [4.69, 9.17) is 18.9 Å². The van der Waals surface area contributed by atoms with Crippen molar-refractivity contribution in [3.05, 3.63) is 29.3 Å². The topological polar surface area (TPSA) is 179 Å². The average molecular weight is 549 g/mol. The van der Waals surface area contributed by atoms with Gasteiger partial charge in [-0.25, -0.2) is 0 Å². The van der Waals surface area contributed by atoms with Crippen LogP contribution in [0.1, 0.15) is 40.5 Å². The van der Waals surface area contributed by atoms with Gasteiger partial charge in [0.1, 0.15) is 11.8 Å². The van der Waals surface area contributed by atoms with Crippen molar-refractivity contribution in [2.45, 2.75) is 25.8 Å². The third-order valence-electron chi connectivity index (χ3n) is 5.72. The number of imide groups is 2. The third-order valence-corrected chi connectivity index (χ3v) is 5.72. The van der Waals surface area contributed by atoms with Gasteiger partial charge in [-0.15, -0.1) is 0 Å². The van der Waals surface area contributed by atoms with Crippen LogP contribution in [0.15, 0.2) is 18.2 Å². The van der Waals surface area contributed by atoms with E-state index < -0.39 is 42.2 Å². The van der Waals surface area contributed by atoms with Crippen LogP contribution in [0.3, 0.4) is 0 Å². The van der Waals surface area contributed by atoms with Gasteiger partial charge in [0.15, 0.2) is 6.61 Å². The lowest BCUT2D eigenvalue weighted by atomic mass is 10.0. The van der Waals surface area contributed by atoms with Crippen molar-refractivity contribution in [2.24, 2.45) is 0 Å². The summed E-state index contributed by atoms with van der Waals surface area (Å²) in [6, 6.07) is 3.32. The van der Waals surface area contributed by atoms with Gasteiger partial charge in [-0.05, 0) is 18.6 Å². The highest BCUT2D eigenvalue weighted by molar-refractivity contribution is 6.24. The van der Waals surface area contributed by atoms with Gasteiger partial charge in [-0.3, -0.25) is 39.0 Å². The molecule has 2 aliphatic heterocycles. The molecule has 0 aliphatic carbocycles. The van der Waals surface area contributed by atoms with Crippen molar-refractivity contribution >= 4 is 35.4 Å². The van der Waals surface area contributed by atoms with Crippen molar-refractivity contribution < 1.29 is 47.7 Å². The largest absolute Gasteiger partial charge is 0.483 e. The number of nitrogens with one attached hydrogen (secondary N) is 3. The van der Waals surface area contributed by atoms with Gasteiger partial charge in [-0.1, -0.05) is 6.07 Å². The van der Waals surface area contributed by atoms with Gasteiger partial charge in [0.2, 0.25) is 17.7 Å². The molecule has 1 fully saturated rings. The lowest BCUT2D eigenvalue weighted by Gasteiger charge is -2.27. The molecule has 0 spiro atoms. The Morgan fingerprint density at radius 1 is 0.923 bits per heavy atom. The normalized spacial score (nSPS) is 16.6. The predicted octanol–water partition coefficient (Wildman–Crippen LogP) is -1.23. The average Bonchev–Trinajstić information content (AvgIpc) is 3.15. The van der Waals surface area contributed by atoms with E-state index in [2.05, 4.69) is 16.0 Å². The molecular formula is C25H32N4O10. The maximum Gasteiger partial charge on any atom is 0.266 e. The molecule has 1 atom stereocenters. The van der Waals surface area contributed by atoms with Crippen LogP contribution in [0, 0.1) is 0 Å². The first kappa shape index (κ1) is 29.7. The molecule has 1 saturated heterocycles. The Kier molecular flexibility index (Phi) is 11.3. The van der Waals surface area contributed by atoms with E-state index in [0.717, 1.165) is 4.90 Å². The summed E-state index contributed by atoms with van der Waals surface area (Å²) in [4.78, 5) is 73.2. The number of hydrogen-bond acceptors (Lipinski definition) is 10. The highest BCUT2D eigenvalue weighted by Crippen LogP contribution is 2.33. The number of piperidine rings is 1. The van der Waals surface area contributed by atoms with E-state index in [1.54, 1.807) is 0 Å². The molecule has 0 radical (unpaired) electrons. The Morgan fingerprint density at radius 2 is 1.56 bits per heavy atom. The smallest absolute Gasteiger partial charge is 0.266 e. The van der Waals surface area contributed by atoms with E-state index in [9.17, 15) is 28.8 Å². The fourth-order valence-electron chi connectivity index (χ4n) is 3.90. The van der Waals surface area contributed by atoms with Gasteiger partial charge in [0, 0.05) is 26.4 Å². The summed E-state index contributed by atoms with van der Waals surface area (Å²) in [5, 5.41) is 7.38. The van der Waals surface area contributed by atoms with Crippen molar-refractivity contribution in [2.75, 3.05) is 59.3 Å². The Bertz CT molecular complexity index is 1090. The minimum Gasteiger partial charge on any atom is -0.483 e. The Balaban J connectivity index is 1.32. The molecule has 0 saturated carbocycles. The SMILES string of the molecule is CC(=O)NCCOCCOCCOCCNC(=O)COc1cccc2c1C(=O)N(C1CCC(=O)NC1=O)C2=O. The zero-order valence-corrected chi connectivity index (χ0v) is 21.6. The summed E-state index contributed by atoms with van der Waals surface area (Å²) < 4.78 is 21.5. The van der Waals surface area contributed by atoms with Crippen LogP contribution in [0.5, 0.6) is 5.75 Å². The first-order valence-electron chi connectivity index (χ1n) is 12.5. The van der Waals surface area contributed by atoms with Crippen LogP contribution < -0.4 is 20.7 Å². The van der Waals surface area contributed by atoms with E-state index in [1.807, 2.05) is 0 Å². The summed E-state index contributed by atoms with van der Waals surface area (Å²) >= 11 is 0. The van der Waals surface area contributed by atoms with Crippen LogP contribution in [-0.2, 0) is 33.4 Å². The minimum absolute atomic E-state index is 0.0150. The Hall–Kier alpha value is -3.88. The summed E-state index contributed by atoms with van der Waals surface area (Å²) in [7, 11) is 0. The van der Waals surface area contributed by atoms with Crippen molar-refractivity contribution in [3.8, 4) is 5.75 Å². The molecule has 1 aromatic carbocycles. The molecule has 14 heteroatoms.